The lowest BCUT2D eigenvalue weighted by Gasteiger charge is -2.16. The SMILES string of the molecule is CCCCCCCCCCc1cccc(OC(=O)NCCCCCCNC(=O)Oc2cccc(CCCCCCCCCC)c2CCCCCCCCCC)c1CCCCCCCCCC. The lowest BCUT2D eigenvalue weighted by atomic mass is 9.95. The maximum atomic E-state index is 13.0. The van der Waals surface area contributed by atoms with Crippen LogP contribution in [0.4, 0.5) is 9.59 Å². The van der Waals surface area contributed by atoms with Crippen LogP contribution in [0.5, 0.6) is 11.5 Å². The molecule has 0 aromatic heterocycles. The first kappa shape index (κ1) is 59.1. The molecular formula is C60H104N2O4. The van der Waals surface area contributed by atoms with E-state index in [4.69, 9.17) is 9.47 Å². The van der Waals surface area contributed by atoms with Crippen LogP contribution in [0.3, 0.4) is 0 Å². The van der Waals surface area contributed by atoms with Crippen molar-refractivity contribution < 1.29 is 19.1 Å². The van der Waals surface area contributed by atoms with E-state index in [2.05, 4.69) is 62.6 Å². The lowest BCUT2D eigenvalue weighted by molar-refractivity contribution is 0.198. The molecule has 0 saturated carbocycles. The van der Waals surface area contributed by atoms with Gasteiger partial charge in [0.05, 0.1) is 0 Å². The van der Waals surface area contributed by atoms with Gasteiger partial charge in [0, 0.05) is 13.1 Å². The Morgan fingerprint density at radius 1 is 0.333 bits per heavy atom. The molecule has 0 radical (unpaired) electrons. The van der Waals surface area contributed by atoms with Crippen LogP contribution in [0.15, 0.2) is 36.4 Å². The summed E-state index contributed by atoms with van der Waals surface area (Å²) in [6, 6.07) is 12.6. The van der Waals surface area contributed by atoms with Crippen molar-refractivity contribution in [2.24, 2.45) is 0 Å². The zero-order chi connectivity index (χ0) is 47.4. The average Bonchev–Trinajstić information content (AvgIpc) is 3.31. The normalized spacial score (nSPS) is 11.3. The number of carbonyl (C=O) groups excluding carboxylic acids is 2. The average molecular weight is 918 g/mol. The molecule has 2 aromatic rings. The number of amides is 2. The number of rotatable bonds is 45. The molecule has 0 spiro atoms. The molecule has 0 bridgehead atoms. The molecule has 0 unspecified atom stereocenters. The van der Waals surface area contributed by atoms with Gasteiger partial charge >= 0.3 is 12.2 Å². The Morgan fingerprint density at radius 2 is 0.591 bits per heavy atom. The third kappa shape index (κ3) is 31.1. The fourth-order valence-corrected chi connectivity index (χ4v) is 9.48. The standard InChI is InChI=1S/C60H104N2O4/c1-5-9-13-17-21-25-29-35-43-53-45-41-49-57(55(53)47-37-31-27-23-19-15-11-7-3)65-59(63)61-51-39-33-34-40-52-62-60(64)66-58-50-42-46-54(44-36-30-26-22-18-14-10-6-2)56(58)48-38-32-28-24-20-16-12-8-4/h41-42,45-46,49-50H,5-40,43-44,47-48,51-52H2,1-4H3,(H,61,63)(H,62,64). The molecule has 2 rings (SSSR count). The van der Waals surface area contributed by atoms with E-state index in [0.717, 1.165) is 75.7 Å². The van der Waals surface area contributed by atoms with Crippen molar-refractivity contribution in [1.82, 2.24) is 10.6 Å². The second-order valence-corrected chi connectivity index (χ2v) is 19.7. The topological polar surface area (TPSA) is 76.7 Å². The molecule has 2 aromatic carbocycles. The largest absolute Gasteiger partial charge is 0.412 e. The number of carbonyl (C=O) groups is 2. The number of ether oxygens (including phenoxy) is 2. The van der Waals surface area contributed by atoms with Gasteiger partial charge in [0.15, 0.2) is 0 Å². The molecule has 2 N–H and O–H groups in total. The van der Waals surface area contributed by atoms with Crippen LogP contribution in [0, 0.1) is 0 Å². The second-order valence-electron chi connectivity index (χ2n) is 19.7. The van der Waals surface area contributed by atoms with Crippen LogP contribution in [0.25, 0.3) is 0 Å². The Morgan fingerprint density at radius 3 is 0.894 bits per heavy atom. The molecule has 2 amide bonds. The first-order valence-electron chi connectivity index (χ1n) is 28.7. The number of unbranched alkanes of at least 4 members (excludes halogenated alkanes) is 31. The van der Waals surface area contributed by atoms with Crippen LogP contribution < -0.4 is 20.1 Å². The Bertz CT molecular complexity index is 1330. The molecule has 6 nitrogen and oxygen atoms in total. The van der Waals surface area contributed by atoms with E-state index in [1.165, 1.54) is 215 Å². The Balaban J connectivity index is 1.79. The zero-order valence-corrected chi connectivity index (χ0v) is 43.8. The van der Waals surface area contributed by atoms with Gasteiger partial charge in [-0.15, -0.1) is 0 Å². The van der Waals surface area contributed by atoms with Gasteiger partial charge in [-0.25, -0.2) is 9.59 Å². The van der Waals surface area contributed by atoms with Gasteiger partial charge in [-0.3, -0.25) is 0 Å². The molecule has 0 atom stereocenters. The summed E-state index contributed by atoms with van der Waals surface area (Å²) in [5, 5.41) is 6.03. The van der Waals surface area contributed by atoms with Gasteiger partial charge in [-0.2, -0.15) is 0 Å². The molecule has 6 heteroatoms. The van der Waals surface area contributed by atoms with Crippen molar-refractivity contribution in [3.63, 3.8) is 0 Å². The highest BCUT2D eigenvalue weighted by molar-refractivity contribution is 5.71. The molecule has 0 aliphatic heterocycles. The van der Waals surface area contributed by atoms with Crippen LogP contribution in [0.2, 0.25) is 0 Å². The summed E-state index contributed by atoms with van der Waals surface area (Å²) < 4.78 is 12.0. The Kier molecular flexibility index (Phi) is 38.8. The number of aryl methyl sites for hydroxylation is 2. The molecular weight excluding hydrogens is 813 g/mol. The Hall–Kier alpha value is -3.02. The zero-order valence-electron chi connectivity index (χ0n) is 43.8. The van der Waals surface area contributed by atoms with E-state index in [1.54, 1.807) is 0 Å². The van der Waals surface area contributed by atoms with Crippen LogP contribution in [-0.4, -0.2) is 25.3 Å². The number of hydrogen-bond acceptors (Lipinski definition) is 4. The summed E-state index contributed by atoms with van der Waals surface area (Å²) in [6.07, 6.45) is 48.7. The van der Waals surface area contributed by atoms with Gasteiger partial charge in [0.1, 0.15) is 11.5 Å². The maximum absolute atomic E-state index is 13.0. The van der Waals surface area contributed by atoms with Gasteiger partial charge in [0.2, 0.25) is 0 Å². The summed E-state index contributed by atoms with van der Waals surface area (Å²) in [4.78, 5) is 26.1. The minimum Gasteiger partial charge on any atom is -0.410 e. The second kappa shape index (κ2) is 43.3. The third-order valence-corrected chi connectivity index (χ3v) is 13.7. The number of hydrogen-bond donors (Lipinski definition) is 2. The van der Waals surface area contributed by atoms with E-state index in [0.29, 0.717) is 13.1 Å². The van der Waals surface area contributed by atoms with Crippen LogP contribution in [0.1, 0.15) is 281 Å². The molecule has 0 aliphatic carbocycles. The van der Waals surface area contributed by atoms with E-state index in [9.17, 15) is 9.59 Å². The molecule has 0 fully saturated rings. The molecule has 66 heavy (non-hydrogen) atoms. The van der Waals surface area contributed by atoms with E-state index in [1.807, 2.05) is 12.1 Å². The summed E-state index contributed by atoms with van der Waals surface area (Å²) in [7, 11) is 0. The minimum absolute atomic E-state index is 0.357. The van der Waals surface area contributed by atoms with Crippen molar-refractivity contribution in [2.75, 3.05) is 13.1 Å². The fourth-order valence-electron chi connectivity index (χ4n) is 9.48. The highest BCUT2D eigenvalue weighted by Gasteiger charge is 2.15. The van der Waals surface area contributed by atoms with Gasteiger partial charge in [-0.1, -0.05) is 245 Å². The Labute approximate surface area is 408 Å². The first-order chi connectivity index (χ1) is 32.5. The number of benzene rings is 2. The molecule has 378 valence electrons. The monoisotopic (exact) mass is 917 g/mol. The number of nitrogens with one attached hydrogen (secondary N) is 2. The van der Waals surface area contributed by atoms with Crippen molar-refractivity contribution in [3.8, 4) is 11.5 Å². The third-order valence-electron chi connectivity index (χ3n) is 13.7. The van der Waals surface area contributed by atoms with Crippen molar-refractivity contribution in [3.05, 3.63) is 58.7 Å². The molecule has 0 aliphatic rings. The first-order valence-corrected chi connectivity index (χ1v) is 28.7. The summed E-state index contributed by atoms with van der Waals surface area (Å²) >= 11 is 0. The van der Waals surface area contributed by atoms with Crippen molar-refractivity contribution in [1.29, 1.82) is 0 Å². The van der Waals surface area contributed by atoms with Crippen molar-refractivity contribution >= 4 is 12.2 Å². The summed E-state index contributed by atoms with van der Waals surface area (Å²) in [5.41, 5.74) is 5.18. The van der Waals surface area contributed by atoms with Gasteiger partial charge in [0.25, 0.3) is 0 Å². The van der Waals surface area contributed by atoms with Crippen molar-refractivity contribution in [2.45, 2.75) is 285 Å². The predicted octanol–water partition coefficient (Wildman–Crippen LogP) is 18.9. The summed E-state index contributed by atoms with van der Waals surface area (Å²) in [5.74, 6) is 1.47. The quantitative estimate of drug-likeness (QED) is 0.0649. The van der Waals surface area contributed by atoms with Crippen LogP contribution >= 0.6 is 0 Å². The smallest absolute Gasteiger partial charge is 0.410 e. The van der Waals surface area contributed by atoms with E-state index >= 15 is 0 Å². The minimum atomic E-state index is -0.357. The highest BCUT2D eigenvalue weighted by Crippen LogP contribution is 2.29. The molecule has 0 saturated heterocycles. The summed E-state index contributed by atoms with van der Waals surface area (Å²) in [6.45, 7) is 10.3. The van der Waals surface area contributed by atoms with E-state index in [-0.39, 0.29) is 12.2 Å². The van der Waals surface area contributed by atoms with Gasteiger partial charge in [-0.05, 0) is 98.6 Å². The maximum Gasteiger partial charge on any atom is 0.412 e. The van der Waals surface area contributed by atoms with E-state index < -0.39 is 0 Å². The highest BCUT2D eigenvalue weighted by atomic mass is 16.6. The fraction of sp³-hybridized carbons (Fsp3) is 0.767. The van der Waals surface area contributed by atoms with Crippen LogP contribution in [-0.2, 0) is 25.7 Å². The lowest BCUT2D eigenvalue weighted by Crippen LogP contribution is -2.28. The predicted molar refractivity (Wildman–Crippen MR) is 285 cm³/mol. The molecule has 0 heterocycles. The van der Waals surface area contributed by atoms with Gasteiger partial charge < -0.3 is 20.1 Å².